The van der Waals surface area contributed by atoms with Crippen LogP contribution in [0.2, 0.25) is 0 Å². The van der Waals surface area contributed by atoms with Crippen molar-refractivity contribution in [3.63, 3.8) is 0 Å². The van der Waals surface area contributed by atoms with Gasteiger partial charge < -0.3 is 24.8 Å². The van der Waals surface area contributed by atoms with E-state index in [-0.39, 0.29) is 25.7 Å². The molecule has 4 N–H and O–H groups in total. The lowest BCUT2D eigenvalue weighted by atomic mass is 10.0. The summed E-state index contributed by atoms with van der Waals surface area (Å²) in [6, 6.07) is 13.9. The Balaban J connectivity index is 1.95. The minimum absolute atomic E-state index is 0.00711. The summed E-state index contributed by atoms with van der Waals surface area (Å²) in [4.78, 5) is 0. The highest BCUT2D eigenvalue weighted by Crippen LogP contribution is 2.18. The number of hydrogen-bond acceptors (Lipinski definition) is 6. The van der Waals surface area contributed by atoms with Crippen molar-refractivity contribution in [1.29, 1.82) is 5.41 Å². The predicted molar refractivity (Wildman–Crippen MR) is 99.6 cm³/mol. The van der Waals surface area contributed by atoms with Gasteiger partial charge in [0.2, 0.25) is 0 Å². The van der Waals surface area contributed by atoms with E-state index in [1.54, 1.807) is 48.5 Å². The molecule has 0 spiro atoms. The number of rotatable bonds is 10. The molecule has 0 heterocycles. The largest absolute Gasteiger partial charge is 0.491 e. The molecule has 0 fully saturated rings. The third kappa shape index (κ3) is 6.00. The van der Waals surface area contributed by atoms with Crippen molar-refractivity contribution in [3.05, 3.63) is 59.7 Å². The van der Waals surface area contributed by atoms with Crippen LogP contribution in [0.4, 0.5) is 0 Å². The maximum atomic E-state index is 9.39. The molecule has 2 aromatic carbocycles. The van der Waals surface area contributed by atoms with Gasteiger partial charge in [0, 0.05) is 11.1 Å². The average molecular weight is 380 g/mol. The number of nitrogens with one attached hydrogen (secondary N) is 1. The van der Waals surface area contributed by atoms with E-state index < -0.39 is 12.2 Å². The van der Waals surface area contributed by atoms with Gasteiger partial charge in [0.1, 0.15) is 36.9 Å². The fourth-order valence-electron chi connectivity index (χ4n) is 2.08. The van der Waals surface area contributed by atoms with Crippen LogP contribution in [0.15, 0.2) is 48.5 Å². The monoisotopic (exact) mass is 379 g/mol. The quantitative estimate of drug-likeness (QED) is 0.372. The smallest absolute Gasteiger partial charge is 0.119 e. The molecule has 140 valence electrons. The maximum absolute atomic E-state index is 9.39. The Morgan fingerprint density at radius 3 is 1.65 bits per heavy atom. The first-order chi connectivity index (χ1) is 12.5. The Kier molecular flexibility index (Phi) is 7.87. The number of hydrogen-bond donors (Lipinski definition) is 4. The van der Waals surface area contributed by atoms with E-state index in [1.165, 1.54) is 0 Å². The summed E-state index contributed by atoms with van der Waals surface area (Å²) in [5, 5.41) is 35.7. The van der Waals surface area contributed by atoms with Crippen LogP contribution in [-0.4, -0.2) is 58.9 Å². The molecule has 0 bridgehead atoms. The van der Waals surface area contributed by atoms with Crippen LogP contribution in [0.5, 0.6) is 11.5 Å². The van der Waals surface area contributed by atoms with Crippen molar-refractivity contribution in [2.75, 3.05) is 25.7 Å². The van der Waals surface area contributed by atoms with Crippen LogP contribution in [0.3, 0.4) is 0 Å². The molecule has 2 atom stereocenters. The van der Waals surface area contributed by atoms with E-state index in [1.807, 2.05) is 0 Å². The Labute approximate surface area is 157 Å². The highest BCUT2D eigenvalue weighted by atomic mass is 35.5. The van der Waals surface area contributed by atoms with Crippen molar-refractivity contribution < 1.29 is 24.8 Å². The summed E-state index contributed by atoms with van der Waals surface area (Å²) < 4.78 is 10.8. The minimum atomic E-state index is -0.917. The van der Waals surface area contributed by atoms with Gasteiger partial charge in [0.05, 0.1) is 18.2 Å². The molecule has 0 amide bonds. The Morgan fingerprint density at radius 2 is 1.27 bits per heavy atom. The van der Waals surface area contributed by atoms with Crippen LogP contribution in [-0.2, 0) is 0 Å². The summed E-state index contributed by atoms with van der Waals surface area (Å²) in [5.41, 5.74) is 1.78. The Bertz CT molecular complexity index is 631. The van der Waals surface area contributed by atoms with E-state index in [2.05, 4.69) is 0 Å². The van der Waals surface area contributed by atoms with Crippen LogP contribution in [0.25, 0.3) is 0 Å². The first-order valence-electron chi connectivity index (χ1n) is 8.11. The molecule has 0 aliphatic rings. The summed E-state index contributed by atoms with van der Waals surface area (Å²) >= 11 is 5.52. The second-order valence-electron chi connectivity index (χ2n) is 5.69. The minimum Gasteiger partial charge on any atom is -0.491 e. The highest BCUT2D eigenvalue weighted by molar-refractivity contribution is 6.18. The summed E-state index contributed by atoms with van der Waals surface area (Å²) in [6.07, 6.45) is -1.63. The molecule has 0 radical (unpaired) electrons. The summed E-state index contributed by atoms with van der Waals surface area (Å²) in [6.45, 7) is -0.229. The maximum Gasteiger partial charge on any atom is 0.119 e. The molecule has 6 nitrogen and oxygen atoms in total. The van der Waals surface area contributed by atoms with Gasteiger partial charge in [-0.15, -0.1) is 11.6 Å². The second kappa shape index (κ2) is 10.1. The third-order valence-corrected chi connectivity index (χ3v) is 3.92. The third-order valence-electron chi connectivity index (χ3n) is 3.56. The average Bonchev–Trinajstić information content (AvgIpc) is 2.70. The van der Waals surface area contributed by atoms with Crippen LogP contribution in [0.1, 0.15) is 11.1 Å². The molecular weight excluding hydrogens is 358 g/mol. The van der Waals surface area contributed by atoms with Crippen molar-refractivity contribution in [3.8, 4) is 11.5 Å². The first-order valence-corrected chi connectivity index (χ1v) is 8.65. The molecular formula is C19H22ClNO5. The Morgan fingerprint density at radius 1 is 0.846 bits per heavy atom. The molecule has 0 unspecified atom stereocenters. The zero-order valence-electron chi connectivity index (χ0n) is 14.1. The molecule has 0 aliphatic carbocycles. The number of halogens is 1. The predicted octanol–water partition coefficient (Wildman–Crippen LogP) is 1.81. The molecule has 2 aromatic rings. The lowest BCUT2D eigenvalue weighted by Crippen LogP contribution is -2.21. The summed E-state index contributed by atoms with van der Waals surface area (Å²) in [5.74, 6) is 1.26. The van der Waals surface area contributed by atoms with Gasteiger partial charge in [-0.25, -0.2) is 0 Å². The number of ether oxygens (including phenoxy) is 2. The molecule has 0 aromatic heterocycles. The van der Waals surface area contributed by atoms with E-state index >= 15 is 0 Å². The number of aliphatic hydroxyl groups excluding tert-OH is 3. The van der Waals surface area contributed by atoms with Crippen LogP contribution >= 0.6 is 11.6 Å². The fraction of sp³-hybridized carbons (Fsp3) is 0.316. The molecule has 26 heavy (non-hydrogen) atoms. The lowest BCUT2D eigenvalue weighted by Gasteiger charge is -2.12. The highest BCUT2D eigenvalue weighted by Gasteiger charge is 2.08. The van der Waals surface area contributed by atoms with Crippen molar-refractivity contribution in [1.82, 2.24) is 0 Å². The van der Waals surface area contributed by atoms with Gasteiger partial charge in [-0.3, -0.25) is 5.41 Å². The van der Waals surface area contributed by atoms with Gasteiger partial charge >= 0.3 is 0 Å². The normalized spacial score (nSPS) is 13.1. The number of aliphatic hydroxyl groups is 3. The molecule has 7 heteroatoms. The van der Waals surface area contributed by atoms with E-state index in [0.717, 1.165) is 5.56 Å². The summed E-state index contributed by atoms with van der Waals surface area (Å²) in [7, 11) is 0. The van der Waals surface area contributed by atoms with Crippen molar-refractivity contribution in [2.45, 2.75) is 12.2 Å². The zero-order chi connectivity index (χ0) is 18.9. The van der Waals surface area contributed by atoms with Crippen molar-refractivity contribution >= 4 is 17.3 Å². The topological polar surface area (TPSA) is 103 Å². The van der Waals surface area contributed by atoms with Gasteiger partial charge in [-0.1, -0.05) is 0 Å². The van der Waals surface area contributed by atoms with Crippen molar-refractivity contribution in [2.24, 2.45) is 0 Å². The Hall–Kier alpha value is -2.12. The molecule has 2 rings (SSSR count). The fourth-order valence-corrected chi connectivity index (χ4v) is 2.17. The standard InChI is InChI=1S/C19H22ClNO5/c20-9-15(23)11-25-17-5-1-13(2-6-17)19(21)14-3-7-18(8-4-14)26-12-16(24)10-22/h1-8,15-16,21-24H,9-12H2/t15-,16-/m0/s1. The SMILES string of the molecule is N=C(c1ccc(OC[C@@H](O)CO)cc1)c1ccc(OC[C@@H](O)CCl)cc1. The van der Waals surface area contributed by atoms with Gasteiger partial charge in [-0.05, 0) is 48.5 Å². The van der Waals surface area contributed by atoms with E-state index in [4.69, 9.17) is 31.6 Å². The number of benzene rings is 2. The van der Waals surface area contributed by atoms with E-state index in [9.17, 15) is 10.2 Å². The van der Waals surface area contributed by atoms with Gasteiger partial charge in [0.25, 0.3) is 0 Å². The first kappa shape index (κ1) is 20.2. The molecule has 0 saturated heterocycles. The van der Waals surface area contributed by atoms with E-state index in [0.29, 0.717) is 22.8 Å². The molecule has 0 aliphatic heterocycles. The second-order valence-corrected chi connectivity index (χ2v) is 6.00. The lowest BCUT2D eigenvalue weighted by molar-refractivity contribution is 0.0536. The zero-order valence-corrected chi connectivity index (χ0v) is 14.9. The molecule has 0 saturated carbocycles. The number of alkyl halides is 1. The van der Waals surface area contributed by atoms with Crippen LogP contribution < -0.4 is 9.47 Å². The van der Waals surface area contributed by atoms with Crippen LogP contribution in [0, 0.1) is 5.41 Å². The van der Waals surface area contributed by atoms with Gasteiger partial charge in [0.15, 0.2) is 0 Å². The van der Waals surface area contributed by atoms with Gasteiger partial charge in [-0.2, -0.15) is 0 Å².